The average molecular weight is 345 g/mol. The zero-order valence-corrected chi connectivity index (χ0v) is 13.5. The van der Waals surface area contributed by atoms with Gasteiger partial charge in [-0.25, -0.2) is 8.42 Å². The summed E-state index contributed by atoms with van der Waals surface area (Å²) in [5, 5.41) is 9.11. The van der Waals surface area contributed by atoms with Gasteiger partial charge in [0.15, 0.2) is 0 Å². The van der Waals surface area contributed by atoms with E-state index in [1.807, 2.05) is 0 Å². The van der Waals surface area contributed by atoms with Crippen molar-refractivity contribution >= 4 is 42.0 Å². The first kappa shape index (κ1) is 14.8. The third kappa shape index (κ3) is 2.56. The number of nitriles is 1. The fraction of sp³-hybridized carbons (Fsp3) is 0.538. The third-order valence-electron chi connectivity index (χ3n) is 4.00. The molecule has 5 nitrogen and oxygen atoms in total. The molecule has 0 aromatic carbocycles. The predicted octanol–water partition coefficient (Wildman–Crippen LogP) is 2.17. The van der Waals surface area contributed by atoms with Crippen LogP contribution < -0.4 is 4.90 Å². The highest BCUT2D eigenvalue weighted by atomic mass is 35.7. The van der Waals surface area contributed by atoms with E-state index in [1.54, 1.807) is 0 Å². The maximum Gasteiger partial charge on any atom is 0.237 e. The van der Waals surface area contributed by atoms with Crippen molar-refractivity contribution in [3.63, 3.8) is 0 Å². The second-order valence-corrected chi connectivity index (χ2v) is 9.30. The SMILES string of the molecule is N#Cc1c(N2CC(S(=O)(=O)Cl)CC2=O)sc2c1CCCC2. The van der Waals surface area contributed by atoms with Crippen LogP contribution in [0.3, 0.4) is 0 Å². The van der Waals surface area contributed by atoms with E-state index in [-0.39, 0.29) is 18.9 Å². The predicted molar refractivity (Wildman–Crippen MR) is 81.2 cm³/mol. The van der Waals surface area contributed by atoms with Gasteiger partial charge in [-0.05, 0) is 31.2 Å². The third-order valence-corrected chi connectivity index (χ3v) is 7.18. The molecule has 1 unspecified atom stereocenters. The number of fused-ring (bicyclic) bond motifs is 1. The normalized spacial score (nSPS) is 22.2. The van der Waals surface area contributed by atoms with Gasteiger partial charge < -0.3 is 4.90 Å². The Balaban J connectivity index is 2.00. The molecule has 1 aromatic rings. The van der Waals surface area contributed by atoms with Crippen LogP contribution in [0.25, 0.3) is 0 Å². The maximum atomic E-state index is 12.1. The number of hydrogen-bond donors (Lipinski definition) is 0. The smallest absolute Gasteiger partial charge is 0.237 e. The molecule has 21 heavy (non-hydrogen) atoms. The molecule has 0 N–H and O–H groups in total. The second kappa shape index (κ2) is 5.27. The van der Waals surface area contributed by atoms with Crippen LogP contribution in [0.4, 0.5) is 5.00 Å². The van der Waals surface area contributed by atoms with Gasteiger partial charge in [-0.2, -0.15) is 5.26 Å². The van der Waals surface area contributed by atoms with Gasteiger partial charge in [0.05, 0.1) is 5.56 Å². The molecular weight excluding hydrogens is 332 g/mol. The van der Waals surface area contributed by atoms with E-state index >= 15 is 0 Å². The Morgan fingerprint density at radius 2 is 2.05 bits per heavy atom. The Morgan fingerprint density at radius 3 is 2.67 bits per heavy atom. The highest BCUT2D eigenvalue weighted by Crippen LogP contribution is 2.41. The molecular formula is C13H13ClN2O3S2. The van der Waals surface area contributed by atoms with E-state index in [9.17, 15) is 18.5 Å². The van der Waals surface area contributed by atoms with Crippen LogP contribution in [-0.4, -0.2) is 26.1 Å². The van der Waals surface area contributed by atoms with Crippen molar-refractivity contribution in [1.29, 1.82) is 5.26 Å². The van der Waals surface area contributed by atoms with Crippen LogP contribution >= 0.6 is 22.0 Å². The highest BCUT2D eigenvalue weighted by Gasteiger charge is 2.40. The van der Waals surface area contributed by atoms with E-state index < -0.39 is 14.3 Å². The van der Waals surface area contributed by atoms with E-state index in [0.29, 0.717) is 10.6 Å². The van der Waals surface area contributed by atoms with Gasteiger partial charge in [0.25, 0.3) is 0 Å². The van der Waals surface area contributed by atoms with Crippen LogP contribution in [0.5, 0.6) is 0 Å². The number of nitrogens with zero attached hydrogens (tertiary/aromatic N) is 2. The number of halogens is 1. The van der Waals surface area contributed by atoms with Gasteiger partial charge in [-0.1, -0.05) is 0 Å². The molecule has 0 spiro atoms. The van der Waals surface area contributed by atoms with Gasteiger partial charge in [-0.3, -0.25) is 4.79 Å². The number of amides is 1. The van der Waals surface area contributed by atoms with Crippen LogP contribution in [0, 0.1) is 11.3 Å². The lowest BCUT2D eigenvalue weighted by molar-refractivity contribution is -0.117. The minimum absolute atomic E-state index is 0.0404. The molecule has 2 aliphatic rings. The summed E-state index contributed by atoms with van der Waals surface area (Å²) in [6.45, 7) is 0.0404. The van der Waals surface area contributed by atoms with Gasteiger partial charge in [-0.15, -0.1) is 11.3 Å². The van der Waals surface area contributed by atoms with Gasteiger partial charge in [0.2, 0.25) is 15.0 Å². The van der Waals surface area contributed by atoms with Gasteiger partial charge in [0.1, 0.15) is 16.3 Å². The van der Waals surface area contributed by atoms with Crippen molar-refractivity contribution < 1.29 is 13.2 Å². The molecule has 1 aliphatic carbocycles. The molecule has 2 heterocycles. The summed E-state index contributed by atoms with van der Waals surface area (Å²) in [6.07, 6.45) is 3.80. The van der Waals surface area contributed by atoms with Crippen LogP contribution in [0.1, 0.15) is 35.3 Å². The first-order chi connectivity index (χ1) is 9.91. The van der Waals surface area contributed by atoms with Crippen molar-refractivity contribution in [3.05, 3.63) is 16.0 Å². The summed E-state index contributed by atoms with van der Waals surface area (Å²) in [6, 6.07) is 2.19. The quantitative estimate of drug-likeness (QED) is 0.770. The first-order valence-corrected chi connectivity index (χ1v) is 9.89. The molecule has 1 aromatic heterocycles. The number of thiophene rings is 1. The molecule has 3 rings (SSSR count). The van der Waals surface area contributed by atoms with Crippen LogP contribution in [0.15, 0.2) is 0 Å². The summed E-state index contributed by atoms with van der Waals surface area (Å²) in [7, 11) is 1.60. The Hall–Kier alpha value is -1.10. The number of carbonyl (C=O) groups excluding carboxylic acids is 1. The molecule has 1 atom stereocenters. The van der Waals surface area contributed by atoms with E-state index in [2.05, 4.69) is 6.07 Å². The van der Waals surface area contributed by atoms with E-state index in [1.165, 1.54) is 16.2 Å². The zero-order chi connectivity index (χ0) is 15.2. The largest absolute Gasteiger partial charge is 0.301 e. The van der Waals surface area contributed by atoms with E-state index in [4.69, 9.17) is 10.7 Å². The highest BCUT2D eigenvalue weighted by molar-refractivity contribution is 8.14. The fourth-order valence-corrected chi connectivity index (χ4v) is 5.31. The lowest BCUT2D eigenvalue weighted by Crippen LogP contribution is -2.26. The Labute approximate surface area is 131 Å². The molecule has 1 saturated heterocycles. The molecule has 1 aliphatic heterocycles. The standard InChI is InChI=1S/C13H13ClN2O3S2/c14-21(18,19)8-5-12(17)16(7-8)13-10(6-15)9-3-1-2-4-11(9)20-13/h8H,1-5,7H2. The van der Waals surface area contributed by atoms with Crippen molar-refractivity contribution in [2.24, 2.45) is 0 Å². The summed E-state index contributed by atoms with van der Waals surface area (Å²) >= 11 is 1.44. The van der Waals surface area contributed by atoms with Crippen molar-refractivity contribution in [2.75, 3.05) is 11.4 Å². The van der Waals surface area contributed by atoms with Crippen molar-refractivity contribution in [3.8, 4) is 6.07 Å². The Bertz CT molecular complexity index is 748. The monoisotopic (exact) mass is 344 g/mol. The lowest BCUT2D eigenvalue weighted by atomic mass is 9.96. The van der Waals surface area contributed by atoms with E-state index in [0.717, 1.165) is 36.1 Å². The molecule has 1 amide bonds. The van der Waals surface area contributed by atoms with Gasteiger partial charge in [0, 0.05) is 28.5 Å². The second-order valence-electron chi connectivity index (χ2n) is 5.31. The number of anilines is 1. The average Bonchev–Trinajstić information content (AvgIpc) is 2.98. The lowest BCUT2D eigenvalue weighted by Gasteiger charge is -2.14. The minimum Gasteiger partial charge on any atom is -0.301 e. The Morgan fingerprint density at radius 1 is 1.33 bits per heavy atom. The summed E-state index contributed by atoms with van der Waals surface area (Å²) in [4.78, 5) is 14.7. The first-order valence-electron chi connectivity index (χ1n) is 6.70. The van der Waals surface area contributed by atoms with Crippen LogP contribution in [-0.2, 0) is 26.7 Å². The summed E-state index contributed by atoms with van der Waals surface area (Å²) in [5.74, 6) is -0.278. The number of carbonyl (C=O) groups is 1. The molecule has 112 valence electrons. The molecule has 0 saturated carbocycles. The summed E-state index contributed by atoms with van der Waals surface area (Å²) < 4.78 is 22.9. The number of rotatable bonds is 2. The molecule has 0 bridgehead atoms. The molecule has 1 fully saturated rings. The zero-order valence-electron chi connectivity index (χ0n) is 11.1. The number of aryl methyl sites for hydroxylation is 1. The topological polar surface area (TPSA) is 78.2 Å². The summed E-state index contributed by atoms with van der Waals surface area (Å²) in [5.41, 5.74) is 1.57. The molecule has 0 radical (unpaired) electrons. The van der Waals surface area contributed by atoms with Crippen molar-refractivity contribution in [2.45, 2.75) is 37.4 Å². The fourth-order valence-electron chi connectivity index (χ4n) is 2.92. The van der Waals surface area contributed by atoms with Crippen molar-refractivity contribution in [1.82, 2.24) is 0 Å². The van der Waals surface area contributed by atoms with Gasteiger partial charge >= 0.3 is 0 Å². The molecule has 8 heteroatoms. The minimum atomic E-state index is -3.77. The number of hydrogen-bond acceptors (Lipinski definition) is 5. The Kier molecular flexibility index (Phi) is 3.72. The van der Waals surface area contributed by atoms with Crippen LogP contribution in [0.2, 0.25) is 0 Å². The maximum absolute atomic E-state index is 12.1.